The molecule has 0 fully saturated rings. The molecule has 178 valence electrons. The molecule has 7 nitrogen and oxygen atoms in total. The number of nitrogens with zero attached hydrogens (tertiary/aromatic N) is 3. The van der Waals surface area contributed by atoms with Crippen molar-refractivity contribution in [2.45, 2.75) is 51.5 Å². The number of nitrogens with one attached hydrogen (secondary N) is 1. The van der Waals surface area contributed by atoms with Crippen LogP contribution in [0, 0.1) is 11.6 Å². The Morgan fingerprint density at radius 1 is 1.06 bits per heavy atom. The minimum atomic E-state index is -3.61. The zero-order chi connectivity index (χ0) is 24.2. The number of fused-ring (bicyclic) bond motifs is 1. The second-order valence-corrected chi connectivity index (χ2v) is 9.53. The van der Waals surface area contributed by atoms with Gasteiger partial charge in [0.2, 0.25) is 15.9 Å². The fraction of sp³-hybridized carbons (Fsp3) is 0.391. The number of carbonyl (C=O) groups excluding carboxylic acids is 1. The highest BCUT2D eigenvalue weighted by Crippen LogP contribution is 2.24. The zero-order valence-corrected chi connectivity index (χ0v) is 19.8. The van der Waals surface area contributed by atoms with Crippen molar-refractivity contribution in [1.29, 1.82) is 0 Å². The van der Waals surface area contributed by atoms with Gasteiger partial charge in [0.25, 0.3) is 0 Å². The molecule has 0 saturated heterocycles. The Bertz CT molecular complexity index is 1250. The van der Waals surface area contributed by atoms with E-state index in [2.05, 4.69) is 10.3 Å². The molecule has 0 spiro atoms. The minimum Gasteiger partial charge on any atom is -0.328 e. The van der Waals surface area contributed by atoms with Gasteiger partial charge in [-0.1, -0.05) is 20.8 Å². The van der Waals surface area contributed by atoms with E-state index in [9.17, 15) is 22.0 Å². The molecule has 0 aliphatic rings. The van der Waals surface area contributed by atoms with Crippen molar-refractivity contribution in [3.63, 3.8) is 0 Å². The number of hydrogen-bond acceptors (Lipinski definition) is 4. The minimum absolute atomic E-state index is 0.0800. The van der Waals surface area contributed by atoms with Crippen molar-refractivity contribution >= 4 is 32.7 Å². The molecule has 3 aromatic rings. The molecule has 3 rings (SSSR count). The molecule has 0 aliphatic carbocycles. The van der Waals surface area contributed by atoms with Gasteiger partial charge in [0, 0.05) is 44.2 Å². The van der Waals surface area contributed by atoms with Crippen molar-refractivity contribution in [3.05, 3.63) is 53.9 Å². The van der Waals surface area contributed by atoms with Gasteiger partial charge in [0.05, 0.1) is 15.9 Å². The Morgan fingerprint density at radius 2 is 1.79 bits per heavy atom. The molecule has 0 saturated carbocycles. The number of hydrogen-bond donors (Lipinski definition) is 1. The predicted octanol–water partition coefficient (Wildman–Crippen LogP) is 4.33. The molecule has 0 unspecified atom stereocenters. The van der Waals surface area contributed by atoms with Crippen LogP contribution in [0.1, 0.15) is 39.4 Å². The maximum atomic E-state index is 13.4. The normalized spacial score (nSPS) is 11.9. The molecule has 1 amide bonds. The monoisotopic (exact) mass is 478 g/mol. The number of benzene rings is 2. The van der Waals surface area contributed by atoms with Crippen LogP contribution in [0.2, 0.25) is 0 Å². The predicted molar refractivity (Wildman–Crippen MR) is 123 cm³/mol. The first-order valence-corrected chi connectivity index (χ1v) is 12.4. The number of halogens is 2. The SMILES string of the molecule is CCCn1c(CCC(=O)Nc2ccc(F)c(F)c2)nc2cc(S(=O)(=O)N(CC)CC)ccc21. The van der Waals surface area contributed by atoms with Crippen molar-refractivity contribution in [2.24, 2.45) is 0 Å². The van der Waals surface area contributed by atoms with Gasteiger partial charge in [-0.3, -0.25) is 4.79 Å². The summed E-state index contributed by atoms with van der Waals surface area (Å²) in [4.78, 5) is 17.1. The second-order valence-electron chi connectivity index (χ2n) is 7.60. The Kier molecular flexibility index (Phi) is 7.80. The van der Waals surface area contributed by atoms with Crippen molar-refractivity contribution in [3.8, 4) is 0 Å². The van der Waals surface area contributed by atoms with E-state index in [0.29, 0.717) is 37.4 Å². The molecular weight excluding hydrogens is 450 g/mol. The molecule has 10 heteroatoms. The fourth-order valence-corrected chi connectivity index (χ4v) is 5.20. The van der Waals surface area contributed by atoms with E-state index < -0.39 is 21.7 Å². The van der Waals surface area contributed by atoms with E-state index in [1.165, 1.54) is 10.4 Å². The van der Waals surface area contributed by atoms with E-state index in [1.807, 2.05) is 11.5 Å². The molecular formula is C23H28F2N4O3S. The lowest BCUT2D eigenvalue weighted by molar-refractivity contribution is -0.116. The number of sulfonamides is 1. The number of amides is 1. The van der Waals surface area contributed by atoms with Gasteiger partial charge in [0.15, 0.2) is 11.6 Å². The Hall–Kier alpha value is -2.85. The van der Waals surface area contributed by atoms with Gasteiger partial charge in [-0.25, -0.2) is 22.2 Å². The van der Waals surface area contributed by atoms with Crippen LogP contribution in [-0.2, 0) is 27.8 Å². The van der Waals surface area contributed by atoms with E-state index in [-0.39, 0.29) is 22.9 Å². The van der Waals surface area contributed by atoms with Crippen molar-refractivity contribution < 1.29 is 22.0 Å². The summed E-state index contributed by atoms with van der Waals surface area (Å²) in [5, 5.41) is 2.55. The first-order valence-electron chi connectivity index (χ1n) is 10.9. The quantitative estimate of drug-likeness (QED) is 0.470. The third kappa shape index (κ3) is 5.39. The Morgan fingerprint density at radius 3 is 2.42 bits per heavy atom. The lowest BCUT2D eigenvalue weighted by atomic mass is 10.2. The smallest absolute Gasteiger partial charge is 0.243 e. The zero-order valence-electron chi connectivity index (χ0n) is 18.9. The summed E-state index contributed by atoms with van der Waals surface area (Å²) in [6.45, 7) is 7.01. The molecule has 1 N–H and O–H groups in total. The first kappa shape index (κ1) is 24.8. The van der Waals surface area contributed by atoms with Gasteiger partial charge in [-0.2, -0.15) is 4.31 Å². The number of aromatic nitrogens is 2. The van der Waals surface area contributed by atoms with Crippen LogP contribution in [0.15, 0.2) is 41.3 Å². The van der Waals surface area contributed by atoms with Crippen LogP contribution < -0.4 is 5.32 Å². The molecule has 0 bridgehead atoms. The standard InChI is InChI=1S/C23H28F2N4O3S/c1-4-13-29-21-10-8-17(33(31,32)28(5-2)6-3)15-20(21)27-22(29)11-12-23(30)26-16-7-9-18(24)19(25)14-16/h7-10,14-15H,4-6,11-13H2,1-3H3,(H,26,30). The van der Waals surface area contributed by atoms with Crippen LogP contribution >= 0.6 is 0 Å². The topological polar surface area (TPSA) is 84.3 Å². The highest BCUT2D eigenvalue weighted by atomic mass is 32.2. The van der Waals surface area contributed by atoms with Crippen molar-refractivity contribution in [2.75, 3.05) is 18.4 Å². The average molecular weight is 479 g/mol. The van der Waals surface area contributed by atoms with Crippen LogP contribution in [0.3, 0.4) is 0 Å². The molecule has 0 radical (unpaired) electrons. The van der Waals surface area contributed by atoms with E-state index in [1.54, 1.807) is 32.0 Å². The molecule has 2 aromatic carbocycles. The van der Waals surface area contributed by atoms with Gasteiger partial charge in [-0.15, -0.1) is 0 Å². The van der Waals surface area contributed by atoms with Gasteiger partial charge in [-0.05, 0) is 36.8 Å². The maximum Gasteiger partial charge on any atom is 0.243 e. The summed E-state index contributed by atoms with van der Waals surface area (Å²) >= 11 is 0. The van der Waals surface area contributed by atoms with Gasteiger partial charge < -0.3 is 9.88 Å². The summed E-state index contributed by atoms with van der Waals surface area (Å²) in [6.07, 6.45) is 1.22. The number of anilines is 1. The van der Waals surface area contributed by atoms with E-state index >= 15 is 0 Å². The van der Waals surface area contributed by atoms with Crippen LogP contribution in [0.5, 0.6) is 0 Å². The largest absolute Gasteiger partial charge is 0.328 e. The Balaban J connectivity index is 1.83. The van der Waals surface area contributed by atoms with Gasteiger partial charge in [0.1, 0.15) is 5.82 Å². The third-order valence-electron chi connectivity index (χ3n) is 5.37. The molecule has 1 heterocycles. The molecule has 1 aromatic heterocycles. The highest BCUT2D eigenvalue weighted by Gasteiger charge is 2.23. The lowest BCUT2D eigenvalue weighted by Crippen LogP contribution is -2.30. The Labute approximate surface area is 192 Å². The molecule has 0 aliphatic heterocycles. The summed E-state index contributed by atoms with van der Waals surface area (Å²) < 4.78 is 55.6. The van der Waals surface area contributed by atoms with Crippen LogP contribution in [-0.4, -0.2) is 41.3 Å². The van der Waals surface area contributed by atoms with Crippen LogP contribution in [0.4, 0.5) is 14.5 Å². The highest BCUT2D eigenvalue weighted by molar-refractivity contribution is 7.89. The summed E-state index contributed by atoms with van der Waals surface area (Å²) in [5.74, 6) is -1.72. The van der Waals surface area contributed by atoms with E-state index in [0.717, 1.165) is 24.1 Å². The number of rotatable bonds is 10. The molecule has 0 atom stereocenters. The lowest BCUT2D eigenvalue weighted by Gasteiger charge is -2.18. The maximum absolute atomic E-state index is 13.4. The first-order chi connectivity index (χ1) is 15.7. The van der Waals surface area contributed by atoms with Crippen LogP contribution in [0.25, 0.3) is 11.0 Å². The number of carbonyl (C=O) groups is 1. The number of imidazole rings is 1. The average Bonchev–Trinajstić information content (AvgIpc) is 3.12. The summed E-state index contributed by atoms with van der Waals surface area (Å²) in [6, 6.07) is 8.08. The van der Waals surface area contributed by atoms with E-state index in [4.69, 9.17) is 0 Å². The number of aryl methyl sites for hydroxylation is 2. The fourth-order valence-electron chi connectivity index (χ4n) is 3.72. The van der Waals surface area contributed by atoms with Crippen molar-refractivity contribution in [1.82, 2.24) is 13.9 Å². The third-order valence-corrected chi connectivity index (χ3v) is 7.41. The second kappa shape index (κ2) is 10.4. The summed E-state index contributed by atoms with van der Waals surface area (Å²) in [5.41, 5.74) is 1.52. The summed E-state index contributed by atoms with van der Waals surface area (Å²) in [7, 11) is -3.61. The molecule has 33 heavy (non-hydrogen) atoms. The van der Waals surface area contributed by atoms with Gasteiger partial charge >= 0.3 is 0 Å².